The van der Waals surface area contributed by atoms with Gasteiger partial charge < -0.3 is 4.74 Å². The zero-order valence-corrected chi connectivity index (χ0v) is 11.4. The molecule has 1 unspecified atom stereocenters. The largest absolute Gasteiger partial charge is 0.382 e. The molecule has 17 heavy (non-hydrogen) atoms. The highest BCUT2D eigenvalue weighted by Crippen LogP contribution is 2.32. The third kappa shape index (κ3) is 3.52. The molecule has 0 spiro atoms. The zero-order chi connectivity index (χ0) is 12.1. The highest BCUT2D eigenvalue weighted by Gasteiger charge is 2.16. The van der Waals surface area contributed by atoms with Gasteiger partial charge in [-0.05, 0) is 44.2 Å². The van der Waals surface area contributed by atoms with Crippen LogP contribution in [-0.4, -0.2) is 20.3 Å². The van der Waals surface area contributed by atoms with Crippen LogP contribution in [0.4, 0.5) is 0 Å². The maximum absolute atomic E-state index is 5.35. The maximum Gasteiger partial charge on any atom is 0.0916 e. The molecule has 0 radical (unpaired) electrons. The lowest BCUT2D eigenvalue weighted by Gasteiger charge is -2.11. The number of fused-ring (bicyclic) bond motifs is 1. The summed E-state index contributed by atoms with van der Waals surface area (Å²) < 4.78 is 4.93. The topological polar surface area (TPSA) is 30.5 Å². The second-order valence-electron chi connectivity index (χ2n) is 4.49. The molecule has 1 aromatic rings. The van der Waals surface area contributed by atoms with Crippen LogP contribution in [0.1, 0.15) is 41.1 Å². The van der Waals surface area contributed by atoms with Gasteiger partial charge in [0.25, 0.3) is 0 Å². The third-order valence-electron chi connectivity index (χ3n) is 3.09. The molecule has 1 N–H and O–H groups in total. The standard InChI is InChI=1S/C13H21NO2S/c1-10(14-16-8-7-15-2)13-9-11-5-3-4-6-12(11)17-13/h9-10,14H,3-8H2,1-2H3. The summed E-state index contributed by atoms with van der Waals surface area (Å²) in [6, 6.07) is 2.61. The molecule has 0 bridgehead atoms. The van der Waals surface area contributed by atoms with Crippen LogP contribution in [0.15, 0.2) is 6.07 Å². The van der Waals surface area contributed by atoms with Gasteiger partial charge >= 0.3 is 0 Å². The van der Waals surface area contributed by atoms with Gasteiger partial charge in [-0.1, -0.05) is 0 Å². The monoisotopic (exact) mass is 255 g/mol. The molecular weight excluding hydrogens is 234 g/mol. The second-order valence-corrected chi connectivity index (χ2v) is 5.65. The predicted molar refractivity (Wildman–Crippen MR) is 70.3 cm³/mol. The van der Waals surface area contributed by atoms with E-state index in [1.807, 2.05) is 11.3 Å². The van der Waals surface area contributed by atoms with Gasteiger partial charge in [0.05, 0.1) is 19.3 Å². The lowest BCUT2D eigenvalue weighted by Crippen LogP contribution is -2.20. The van der Waals surface area contributed by atoms with Crippen molar-refractivity contribution in [2.45, 2.75) is 38.6 Å². The Morgan fingerprint density at radius 3 is 2.94 bits per heavy atom. The van der Waals surface area contributed by atoms with Gasteiger partial charge in [-0.3, -0.25) is 4.84 Å². The smallest absolute Gasteiger partial charge is 0.0916 e. The van der Waals surface area contributed by atoms with Gasteiger partial charge in [-0.15, -0.1) is 11.3 Å². The number of hydrogen-bond acceptors (Lipinski definition) is 4. The number of hydrogen-bond donors (Lipinski definition) is 1. The van der Waals surface area contributed by atoms with E-state index < -0.39 is 0 Å². The highest BCUT2D eigenvalue weighted by molar-refractivity contribution is 7.12. The molecule has 1 aliphatic carbocycles. The lowest BCUT2D eigenvalue weighted by atomic mass is 9.99. The van der Waals surface area contributed by atoms with E-state index in [4.69, 9.17) is 9.57 Å². The Labute approximate surface area is 107 Å². The molecule has 96 valence electrons. The van der Waals surface area contributed by atoms with Crippen LogP contribution >= 0.6 is 11.3 Å². The van der Waals surface area contributed by atoms with Crippen LogP contribution in [0.2, 0.25) is 0 Å². The van der Waals surface area contributed by atoms with Crippen molar-refractivity contribution in [3.8, 4) is 0 Å². The first-order valence-electron chi connectivity index (χ1n) is 6.29. The van der Waals surface area contributed by atoms with E-state index in [1.54, 1.807) is 17.6 Å². The molecule has 1 heterocycles. The Balaban J connectivity index is 1.86. The average Bonchev–Trinajstić information content (AvgIpc) is 2.78. The Morgan fingerprint density at radius 1 is 1.35 bits per heavy atom. The van der Waals surface area contributed by atoms with Gasteiger partial charge in [-0.25, -0.2) is 0 Å². The molecule has 1 aliphatic rings. The fourth-order valence-corrected chi connectivity index (χ4v) is 3.34. The van der Waals surface area contributed by atoms with E-state index in [1.165, 1.54) is 30.6 Å². The summed E-state index contributed by atoms with van der Waals surface area (Å²) in [5.74, 6) is 0. The van der Waals surface area contributed by atoms with E-state index in [2.05, 4.69) is 18.5 Å². The van der Waals surface area contributed by atoms with Gasteiger partial charge in [0.2, 0.25) is 0 Å². The fraction of sp³-hybridized carbons (Fsp3) is 0.692. The summed E-state index contributed by atoms with van der Waals surface area (Å²) in [5, 5.41) is 0. The summed E-state index contributed by atoms with van der Waals surface area (Å²) in [4.78, 5) is 8.32. The molecule has 0 aromatic carbocycles. The molecule has 1 aromatic heterocycles. The van der Waals surface area contributed by atoms with Crippen molar-refractivity contribution < 1.29 is 9.57 Å². The number of aryl methyl sites for hydroxylation is 2. The average molecular weight is 255 g/mol. The van der Waals surface area contributed by atoms with E-state index >= 15 is 0 Å². The second kappa shape index (κ2) is 6.50. The number of nitrogens with one attached hydrogen (secondary N) is 1. The maximum atomic E-state index is 5.35. The van der Waals surface area contributed by atoms with Crippen LogP contribution in [0.5, 0.6) is 0 Å². The SMILES string of the molecule is COCCONC(C)c1cc2c(s1)CCCC2. The van der Waals surface area contributed by atoms with Crippen LogP contribution in [-0.2, 0) is 22.4 Å². The summed E-state index contributed by atoms with van der Waals surface area (Å²) in [5.41, 5.74) is 4.63. The first kappa shape index (κ1) is 13.0. The van der Waals surface area contributed by atoms with E-state index in [0.717, 1.165) is 0 Å². The summed E-state index contributed by atoms with van der Waals surface area (Å²) in [6.07, 6.45) is 5.20. The minimum Gasteiger partial charge on any atom is -0.382 e. The molecular formula is C13H21NO2S. The van der Waals surface area contributed by atoms with Crippen LogP contribution < -0.4 is 5.48 Å². The van der Waals surface area contributed by atoms with Crippen molar-refractivity contribution in [3.05, 3.63) is 21.4 Å². The first-order chi connectivity index (χ1) is 8.31. The first-order valence-corrected chi connectivity index (χ1v) is 7.10. The zero-order valence-electron chi connectivity index (χ0n) is 10.6. The molecule has 0 saturated heterocycles. The summed E-state index contributed by atoms with van der Waals surface area (Å²) in [6.45, 7) is 3.36. The van der Waals surface area contributed by atoms with Gasteiger partial charge in [0.15, 0.2) is 0 Å². The van der Waals surface area contributed by atoms with Crippen LogP contribution in [0, 0.1) is 0 Å². The molecule has 0 amide bonds. The normalized spacial score (nSPS) is 16.8. The number of thiophene rings is 1. The fourth-order valence-electron chi connectivity index (χ4n) is 2.09. The third-order valence-corrected chi connectivity index (χ3v) is 4.51. The molecule has 0 saturated carbocycles. The highest BCUT2D eigenvalue weighted by atomic mass is 32.1. The molecule has 4 heteroatoms. The number of hydroxylamine groups is 1. The Bertz CT molecular complexity index is 328. The van der Waals surface area contributed by atoms with Gasteiger partial charge in [0, 0.05) is 16.9 Å². The number of methoxy groups -OCH3 is 1. The van der Waals surface area contributed by atoms with E-state index in [-0.39, 0.29) is 6.04 Å². The van der Waals surface area contributed by atoms with Crippen LogP contribution in [0.25, 0.3) is 0 Å². The molecule has 1 atom stereocenters. The quantitative estimate of drug-likeness (QED) is 0.626. The van der Waals surface area contributed by atoms with Crippen molar-refractivity contribution in [1.29, 1.82) is 0 Å². The number of ether oxygens (including phenoxy) is 1. The van der Waals surface area contributed by atoms with E-state index in [0.29, 0.717) is 13.2 Å². The van der Waals surface area contributed by atoms with Gasteiger partial charge in [-0.2, -0.15) is 5.48 Å². The molecule has 2 rings (SSSR count). The van der Waals surface area contributed by atoms with Crippen molar-refractivity contribution in [2.24, 2.45) is 0 Å². The predicted octanol–water partition coefficient (Wildman–Crippen LogP) is 2.86. The van der Waals surface area contributed by atoms with Crippen molar-refractivity contribution in [2.75, 3.05) is 20.3 Å². The molecule has 0 aliphatic heterocycles. The lowest BCUT2D eigenvalue weighted by molar-refractivity contribution is -0.00868. The minimum absolute atomic E-state index is 0.266. The minimum atomic E-state index is 0.266. The Morgan fingerprint density at radius 2 is 2.18 bits per heavy atom. The van der Waals surface area contributed by atoms with E-state index in [9.17, 15) is 0 Å². The molecule has 0 fully saturated rings. The van der Waals surface area contributed by atoms with Crippen molar-refractivity contribution in [1.82, 2.24) is 5.48 Å². The Kier molecular flexibility index (Phi) is 4.98. The summed E-state index contributed by atoms with van der Waals surface area (Å²) in [7, 11) is 1.68. The van der Waals surface area contributed by atoms with Crippen molar-refractivity contribution in [3.63, 3.8) is 0 Å². The summed E-state index contributed by atoms with van der Waals surface area (Å²) >= 11 is 1.93. The van der Waals surface area contributed by atoms with Crippen molar-refractivity contribution >= 4 is 11.3 Å². The molecule has 3 nitrogen and oxygen atoms in total. The number of rotatable bonds is 6. The van der Waals surface area contributed by atoms with Crippen LogP contribution in [0.3, 0.4) is 0 Å². The van der Waals surface area contributed by atoms with Gasteiger partial charge in [0.1, 0.15) is 0 Å². The Hall–Kier alpha value is -0.420.